The predicted molar refractivity (Wildman–Crippen MR) is 83.4 cm³/mol. The van der Waals surface area contributed by atoms with Gasteiger partial charge in [0.05, 0.1) is 12.0 Å². The van der Waals surface area contributed by atoms with Crippen molar-refractivity contribution in [2.45, 2.75) is 49.0 Å². The molecular formula is C16H21NO3S. The number of carbonyl (C=O) groups excluding carboxylic acids is 1. The van der Waals surface area contributed by atoms with E-state index in [0.29, 0.717) is 6.42 Å². The molecular weight excluding hydrogens is 286 g/mol. The second kappa shape index (κ2) is 7.50. The predicted octanol–water partition coefficient (Wildman–Crippen LogP) is 3.07. The van der Waals surface area contributed by atoms with Crippen LogP contribution in [0.4, 0.5) is 0 Å². The van der Waals surface area contributed by atoms with Crippen LogP contribution >= 0.6 is 11.8 Å². The molecule has 0 saturated heterocycles. The van der Waals surface area contributed by atoms with Gasteiger partial charge in [0.15, 0.2) is 0 Å². The summed E-state index contributed by atoms with van der Waals surface area (Å²) < 4.78 is 0. The van der Waals surface area contributed by atoms with Crippen LogP contribution in [0.1, 0.15) is 38.5 Å². The second-order valence-electron chi connectivity index (χ2n) is 5.52. The summed E-state index contributed by atoms with van der Waals surface area (Å²) in [7, 11) is 0. The maximum absolute atomic E-state index is 11.9. The molecule has 5 heteroatoms. The van der Waals surface area contributed by atoms with E-state index < -0.39 is 11.5 Å². The molecule has 0 aliphatic heterocycles. The third-order valence-corrected chi connectivity index (χ3v) is 4.86. The highest BCUT2D eigenvalue weighted by Crippen LogP contribution is 2.35. The van der Waals surface area contributed by atoms with Gasteiger partial charge in [-0.15, -0.1) is 11.8 Å². The van der Waals surface area contributed by atoms with Crippen LogP contribution in [0.15, 0.2) is 35.2 Å². The number of aliphatic carboxylic acids is 1. The monoisotopic (exact) mass is 307 g/mol. The highest BCUT2D eigenvalue weighted by molar-refractivity contribution is 7.99. The molecule has 21 heavy (non-hydrogen) atoms. The molecule has 0 heterocycles. The van der Waals surface area contributed by atoms with Crippen LogP contribution in [-0.4, -0.2) is 28.3 Å². The third-order valence-electron chi connectivity index (χ3n) is 3.76. The lowest BCUT2D eigenvalue weighted by Crippen LogP contribution is -2.54. The quantitative estimate of drug-likeness (QED) is 0.572. The summed E-state index contributed by atoms with van der Waals surface area (Å²) in [4.78, 5) is 24.0. The van der Waals surface area contributed by atoms with E-state index in [-0.39, 0.29) is 12.3 Å². The number of hydrogen-bond acceptors (Lipinski definition) is 3. The molecule has 0 radical (unpaired) electrons. The summed E-state index contributed by atoms with van der Waals surface area (Å²) in [6.45, 7) is 0. The number of carboxylic acid groups (broad SMARTS) is 1. The Bertz CT molecular complexity index is 486. The molecule has 1 aromatic rings. The van der Waals surface area contributed by atoms with E-state index in [1.807, 2.05) is 18.2 Å². The van der Waals surface area contributed by atoms with Gasteiger partial charge in [0, 0.05) is 11.3 Å². The van der Waals surface area contributed by atoms with Crippen molar-refractivity contribution in [2.24, 2.45) is 0 Å². The van der Waals surface area contributed by atoms with Crippen LogP contribution in [0.5, 0.6) is 0 Å². The van der Waals surface area contributed by atoms with Crippen molar-refractivity contribution in [1.82, 2.24) is 5.32 Å². The standard InChI is InChI=1S/C16H21NO3S/c18-14(17-16(9-5-10-16)12-15(19)20)8-4-11-21-13-6-2-1-3-7-13/h1-3,6-7H,4-5,8-12H2,(H,17,18)(H,19,20). The molecule has 2 N–H and O–H groups in total. The highest BCUT2D eigenvalue weighted by Gasteiger charge is 2.40. The summed E-state index contributed by atoms with van der Waals surface area (Å²) in [5.41, 5.74) is -0.477. The number of benzene rings is 1. The van der Waals surface area contributed by atoms with Gasteiger partial charge in [-0.2, -0.15) is 0 Å². The van der Waals surface area contributed by atoms with Crippen LogP contribution < -0.4 is 5.32 Å². The minimum absolute atomic E-state index is 0.0235. The summed E-state index contributed by atoms with van der Waals surface area (Å²) in [6.07, 6.45) is 3.86. The van der Waals surface area contributed by atoms with Gasteiger partial charge in [-0.25, -0.2) is 0 Å². The zero-order chi connectivity index (χ0) is 15.1. The molecule has 0 unspecified atom stereocenters. The summed E-state index contributed by atoms with van der Waals surface area (Å²) in [5.74, 6) is 0.0304. The number of nitrogens with one attached hydrogen (secondary N) is 1. The van der Waals surface area contributed by atoms with E-state index in [4.69, 9.17) is 5.11 Å². The van der Waals surface area contributed by atoms with E-state index in [1.54, 1.807) is 11.8 Å². The van der Waals surface area contributed by atoms with E-state index >= 15 is 0 Å². The van der Waals surface area contributed by atoms with Gasteiger partial charge in [-0.05, 0) is 43.6 Å². The Balaban J connectivity index is 1.66. The fraction of sp³-hybridized carbons (Fsp3) is 0.500. The molecule has 0 spiro atoms. The average Bonchev–Trinajstić information content (AvgIpc) is 2.42. The van der Waals surface area contributed by atoms with Gasteiger partial charge in [0.2, 0.25) is 5.91 Å². The highest BCUT2D eigenvalue weighted by atomic mass is 32.2. The van der Waals surface area contributed by atoms with E-state index in [1.165, 1.54) is 4.90 Å². The van der Waals surface area contributed by atoms with Crippen molar-refractivity contribution >= 4 is 23.6 Å². The van der Waals surface area contributed by atoms with E-state index in [9.17, 15) is 9.59 Å². The van der Waals surface area contributed by atoms with E-state index in [2.05, 4.69) is 17.4 Å². The number of carboxylic acids is 1. The molecule has 1 saturated carbocycles. The molecule has 0 aromatic heterocycles. The lowest BCUT2D eigenvalue weighted by molar-refractivity contribution is -0.140. The smallest absolute Gasteiger partial charge is 0.305 e. The minimum atomic E-state index is -0.838. The van der Waals surface area contributed by atoms with Gasteiger partial charge in [0.25, 0.3) is 0 Å². The number of rotatable bonds is 8. The topological polar surface area (TPSA) is 66.4 Å². The van der Waals surface area contributed by atoms with Crippen molar-refractivity contribution in [1.29, 1.82) is 0 Å². The fourth-order valence-electron chi connectivity index (χ4n) is 2.54. The Kier molecular flexibility index (Phi) is 5.67. The third kappa shape index (κ3) is 5.08. The summed E-state index contributed by atoms with van der Waals surface area (Å²) >= 11 is 1.74. The summed E-state index contributed by atoms with van der Waals surface area (Å²) in [5, 5.41) is 11.8. The normalized spacial score (nSPS) is 16.0. The molecule has 0 atom stereocenters. The van der Waals surface area contributed by atoms with Crippen LogP contribution in [0.2, 0.25) is 0 Å². The lowest BCUT2D eigenvalue weighted by Gasteiger charge is -2.41. The van der Waals surface area contributed by atoms with Gasteiger partial charge < -0.3 is 10.4 Å². The van der Waals surface area contributed by atoms with Crippen LogP contribution in [0.25, 0.3) is 0 Å². The van der Waals surface area contributed by atoms with Gasteiger partial charge in [0.1, 0.15) is 0 Å². The first-order valence-electron chi connectivity index (χ1n) is 7.30. The Hall–Kier alpha value is -1.49. The second-order valence-corrected chi connectivity index (χ2v) is 6.69. The largest absolute Gasteiger partial charge is 0.481 e. The Labute approximate surface area is 129 Å². The Morgan fingerprint density at radius 1 is 1.24 bits per heavy atom. The van der Waals surface area contributed by atoms with Gasteiger partial charge in [-0.3, -0.25) is 9.59 Å². The number of hydrogen-bond donors (Lipinski definition) is 2. The first-order chi connectivity index (χ1) is 10.1. The lowest BCUT2D eigenvalue weighted by atomic mass is 9.74. The SMILES string of the molecule is O=C(O)CC1(NC(=O)CCCSc2ccccc2)CCC1. The molecule has 0 bridgehead atoms. The number of amides is 1. The average molecular weight is 307 g/mol. The minimum Gasteiger partial charge on any atom is -0.481 e. The first-order valence-corrected chi connectivity index (χ1v) is 8.29. The van der Waals surface area contributed by atoms with Crippen molar-refractivity contribution < 1.29 is 14.7 Å². The van der Waals surface area contributed by atoms with Crippen LogP contribution in [0.3, 0.4) is 0 Å². The van der Waals surface area contributed by atoms with Gasteiger partial charge in [-0.1, -0.05) is 18.2 Å². The molecule has 1 aliphatic carbocycles. The maximum atomic E-state index is 11.9. The summed E-state index contributed by atoms with van der Waals surface area (Å²) in [6, 6.07) is 10.1. The zero-order valence-electron chi connectivity index (χ0n) is 12.0. The number of carbonyl (C=O) groups is 2. The maximum Gasteiger partial charge on any atom is 0.305 e. The number of thioether (sulfide) groups is 1. The Morgan fingerprint density at radius 2 is 1.95 bits per heavy atom. The Morgan fingerprint density at radius 3 is 2.52 bits per heavy atom. The fourth-order valence-corrected chi connectivity index (χ4v) is 3.41. The van der Waals surface area contributed by atoms with Crippen molar-refractivity contribution in [2.75, 3.05) is 5.75 Å². The molecule has 1 amide bonds. The van der Waals surface area contributed by atoms with Crippen molar-refractivity contribution in [3.63, 3.8) is 0 Å². The van der Waals surface area contributed by atoms with E-state index in [0.717, 1.165) is 31.4 Å². The van der Waals surface area contributed by atoms with Crippen molar-refractivity contribution in [3.05, 3.63) is 30.3 Å². The molecule has 1 aliphatic rings. The molecule has 4 nitrogen and oxygen atoms in total. The molecule has 1 fully saturated rings. The molecule has 1 aromatic carbocycles. The first kappa shape index (κ1) is 15.9. The zero-order valence-corrected chi connectivity index (χ0v) is 12.8. The molecule has 2 rings (SSSR count). The van der Waals surface area contributed by atoms with Crippen molar-refractivity contribution in [3.8, 4) is 0 Å². The van der Waals surface area contributed by atoms with Crippen LogP contribution in [0, 0.1) is 0 Å². The van der Waals surface area contributed by atoms with Gasteiger partial charge >= 0.3 is 5.97 Å². The molecule has 114 valence electrons. The van der Waals surface area contributed by atoms with Crippen LogP contribution in [-0.2, 0) is 9.59 Å².